The maximum absolute atomic E-state index is 8.06. The molecular formula is C11H30N2O2. The summed E-state index contributed by atoms with van der Waals surface area (Å²) in [6, 6.07) is 0. The van der Waals surface area contributed by atoms with Crippen LogP contribution in [0.1, 0.15) is 41.0 Å². The van der Waals surface area contributed by atoms with E-state index in [-0.39, 0.29) is 11.6 Å². The van der Waals surface area contributed by atoms with Gasteiger partial charge in [-0.15, -0.1) is 0 Å². The number of aliphatic imine (C=N–C) groups is 1. The van der Waals surface area contributed by atoms with Gasteiger partial charge >= 0.3 is 0 Å². The molecule has 0 bridgehead atoms. The summed E-state index contributed by atoms with van der Waals surface area (Å²) >= 11 is 0. The van der Waals surface area contributed by atoms with Gasteiger partial charge in [0.2, 0.25) is 0 Å². The summed E-state index contributed by atoms with van der Waals surface area (Å²) in [6.45, 7) is 10.8. The van der Waals surface area contributed by atoms with Crippen molar-refractivity contribution in [2.75, 3.05) is 13.6 Å². The third-order valence-corrected chi connectivity index (χ3v) is 0.756. The van der Waals surface area contributed by atoms with Crippen molar-refractivity contribution in [1.82, 2.24) is 0 Å². The molecular weight excluding hydrogens is 192 g/mol. The Morgan fingerprint density at radius 3 is 1.73 bits per heavy atom. The molecule has 0 aliphatic heterocycles. The second kappa shape index (κ2) is 23.4. The van der Waals surface area contributed by atoms with Crippen LogP contribution in [-0.2, 0) is 0 Å². The first kappa shape index (κ1) is 24.0. The monoisotopic (exact) mass is 222 g/mol. The van der Waals surface area contributed by atoms with Crippen molar-refractivity contribution < 1.29 is 10.6 Å². The molecule has 0 heterocycles. The van der Waals surface area contributed by atoms with Crippen LogP contribution in [0, 0.1) is 5.92 Å². The second-order valence-corrected chi connectivity index (χ2v) is 3.39. The summed E-state index contributed by atoms with van der Waals surface area (Å²) in [5.74, 6) is 0.613. The molecule has 0 aromatic rings. The van der Waals surface area contributed by atoms with Gasteiger partial charge in [-0.3, -0.25) is 4.99 Å². The largest absolute Gasteiger partial charge is 0.412 e. The van der Waals surface area contributed by atoms with Gasteiger partial charge in [0, 0.05) is 18.9 Å². The summed E-state index contributed by atoms with van der Waals surface area (Å²) in [4.78, 5) is 4.16. The highest BCUT2D eigenvalue weighted by atomic mass is 16.3. The SMILES string of the molecule is CC(C)O.CCCN=CC(C)C.CN.O. The minimum atomic E-state index is -0.167. The molecule has 0 aromatic carbocycles. The normalized spacial score (nSPS) is 8.93. The molecule has 0 aromatic heterocycles. The first-order valence-corrected chi connectivity index (χ1v) is 5.26. The fourth-order valence-corrected chi connectivity index (χ4v) is 0.414. The minimum Gasteiger partial charge on any atom is -0.412 e. The minimum absolute atomic E-state index is 0. The lowest BCUT2D eigenvalue weighted by atomic mass is 10.2. The molecule has 0 aliphatic carbocycles. The van der Waals surface area contributed by atoms with Crippen molar-refractivity contribution in [2.24, 2.45) is 16.6 Å². The first-order valence-electron chi connectivity index (χ1n) is 5.26. The summed E-state index contributed by atoms with van der Waals surface area (Å²) in [5, 5.41) is 8.06. The maximum Gasteiger partial charge on any atom is 0.0483 e. The van der Waals surface area contributed by atoms with Gasteiger partial charge in [-0.05, 0) is 33.2 Å². The molecule has 15 heavy (non-hydrogen) atoms. The molecule has 0 atom stereocenters. The van der Waals surface area contributed by atoms with Crippen LogP contribution in [0.15, 0.2) is 4.99 Å². The molecule has 0 saturated heterocycles. The van der Waals surface area contributed by atoms with Crippen LogP contribution in [0.4, 0.5) is 0 Å². The van der Waals surface area contributed by atoms with E-state index in [0.717, 1.165) is 13.0 Å². The lowest BCUT2D eigenvalue weighted by Crippen LogP contribution is -1.87. The van der Waals surface area contributed by atoms with Gasteiger partial charge in [0.15, 0.2) is 0 Å². The van der Waals surface area contributed by atoms with Gasteiger partial charge in [0.1, 0.15) is 0 Å². The quantitative estimate of drug-likeness (QED) is 0.704. The van der Waals surface area contributed by atoms with Crippen molar-refractivity contribution >= 4 is 6.21 Å². The predicted octanol–water partition coefficient (Wildman–Crippen LogP) is 1.26. The second-order valence-electron chi connectivity index (χ2n) is 3.39. The molecule has 0 fully saturated rings. The van der Waals surface area contributed by atoms with Gasteiger partial charge in [-0.2, -0.15) is 0 Å². The zero-order chi connectivity index (χ0) is 12.0. The van der Waals surface area contributed by atoms with E-state index in [0.29, 0.717) is 5.92 Å². The summed E-state index contributed by atoms with van der Waals surface area (Å²) < 4.78 is 0. The molecule has 4 heteroatoms. The van der Waals surface area contributed by atoms with Gasteiger partial charge in [-0.25, -0.2) is 0 Å². The van der Waals surface area contributed by atoms with E-state index in [4.69, 9.17) is 5.11 Å². The summed E-state index contributed by atoms with van der Waals surface area (Å²) in [6.07, 6.45) is 2.99. The van der Waals surface area contributed by atoms with Crippen LogP contribution in [0.2, 0.25) is 0 Å². The van der Waals surface area contributed by atoms with E-state index in [1.807, 2.05) is 6.21 Å². The number of hydrogen-bond donors (Lipinski definition) is 2. The van der Waals surface area contributed by atoms with Crippen molar-refractivity contribution in [1.29, 1.82) is 0 Å². The zero-order valence-electron chi connectivity index (χ0n) is 11.1. The highest BCUT2D eigenvalue weighted by molar-refractivity contribution is 5.59. The average Bonchev–Trinajstić information content (AvgIpc) is 2.07. The van der Waals surface area contributed by atoms with Crippen LogP contribution in [0.3, 0.4) is 0 Å². The Hall–Kier alpha value is -0.450. The number of aliphatic hydroxyl groups is 1. The molecule has 0 saturated carbocycles. The number of nitrogens with two attached hydrogens (primary N) is 1. The number of nitrogens with zero attached hydrogens (tertiary/aromatic N) is 1. The molecule has 4 nitrogen and oxygen atoms in total. The van der Waals surface area contributed by atoms with Crippen molar-refractivity contribution in [3.63, 3.8) is 0 Å². The Morgan fingerprint density at radius 1 is 1.20 bits per heavy atom. The smallest absolute Gasteiger partial charge is 0.0483 e. The fraction of sp³-hybridized carbons (Fsp3) is 0.909. The summed E-state index contributed by atoms with van der Waals surface area (Å²) in [5.41, 5.74) is 4.50. The lowest BCUT2D eigenvalue weighted by Gasteiger charge is -1.90. The standard InChI is InChI=1S/C7H15N.C3H8O.CH5N.H2O/c1-4-5-8-6-7(2)3;1-3(2)4;1-2;/h6-7H,4-5H2,1-3H3;3-4H,1-2H3;2H2,1H3;1H2. The maximum atomic E-state index is 8.06. The van der Waals surface area contributed by atoms with Gasteiger partial charge < -0.3 is 16.3 Å². The van der Waals surface area contributed by atoms with Crippen LogP contribution in [0.25, 0.3) is 0 Å². The van der Waals surface area contributed by atoms with Crippen LogP contribution < -0.4 is 5.73 Å². The van der Waals surface area contributed by atoms with E-state index in [1.165, 1.54) is 7.05 Å². The van der Waals surface area contributed by atoms with Gasteiger partial charge in [0.05, 0.1) is 0 Å². The first-order chi connectivity index (χ1) is 6.50. The number of rotatable bonds is 3. The van der Waals surface area contributed by atoms with Crippen LogP contribution in [0.5, 0.6) is 0 Å². The third-order valence-electron chi connectivity index (χ3n) is 0.756. The van der Waals surface area contributed by atoms with E-state index in [9.17, 15) is 0 Å². The van der Waals surface area contributed by atoms with Crippen molar-refractivity contribution in [3.05, 3.63) is 0 Å². The highest BCUT2D eigenvalue weighted by Crippen LogP contribution is 1.85. The Kier molecular flexibility index (Phi) is 37.4. The van der Waals surface area contributed by atoms with Crippen molar-refractivity contribution in [3.8, 4) is 0 Å². The Labute approximate surface area is 94.9 Å². The Morgan fingerprint density at radius 2 is 1.53 bits per heavy atom. The van der Waals surface area contributed by atoms with E-state index in [1.54, 1.807) is 13.8 Å². The van der Waals surface area contributed by atoms with E-state index < -0.39 is 0 Å². The molecule has 0 aliphatic rings. The zero-order valence-corrected chi connectivity index (χ0v) is 11.1. The predicted molar refractivity (Wildman–Crippen MR) is 69.6 cm³/mol. The Balaban J connectivity index is -0.0000000742. The van der Waals surface area contributed by atoms with Crippen molar-refractivity contribution in [2.45, 2.75) is 47.1 Å². The Bertz CT molecular complexity index is 102. The number of aliphatic hydroxyl groups excluding tert-OH is 1. The molecule has 5 N–H and O–H groups in total. The third kappa shape index (κ3) is 87.3. The molecule has 0 amide bonds. The van der Waals surface area contributed by atoms with E-state index >= 15 is 0 Å². The number of hydrogen-bond acceptors (Lipinski definition) is 3. The molecule has 0 unspecified atom stereocenters. The molecule has 0 rings (SSSR count). The summed E-state index contributed by atoms with van der Waals surface area (Å²) in [7, 11) is 1.50. The fourth-order valence-electron chi connectivity index (χ4n) is 0.414. The van der Waals surface area contributed by atoms with Gasteiger partial charge in [-0.1, -0.05) is 20.8 Å². The molecule has 0 spiro atoms. The molecule has 96 valence electrons. The van der Waals surface area contributed by atoms with E-state index in [2.05, 4.69) is 31.5 Å². The average molecular weight is 222 g/mol. The molecule has 0 radical (unpaired) electrons. The van der Waals surface area contributed by atoms with Gasteiger partial charge in [0.25, 0.3) is 0 Å². The van der Waals surface area contributed by atoms with Crippen LogP contribution >= 0.6 is 0 Å². The lowest BCUT2D eigenvalue weighted by molar-refractivity contribution is 0.216. The highest BCUT2D eigenvalue weighted by Gasteiger charge is 1.81. The topological polar surface area (TPSA) is 90.1 Å². The van der Waals surface area contributed by atoms with Crippen LogP contribution in [-0.4, -0.2) is 36.5 Å².